The van der Waals surface area contributed by atoms with Crippen molar-refractivity contribution in [2.75, 3.05) is 18.0 Å². The molecule has 3 N–H and O–H groups in total. The number of carbonyl (C=O) groups excluding carboxylic acids is 2. The largest absolute Gasteiger partial charge is 0.346 e. The number of nitrogens with two attached hydrogens (primary N) is 1. The molecular weight excluding hydrogens is 326 g/mol. The Bertz CT molecular complexity index is 802. The fourth-order valence-electron chi connectivity index (χ4n) is 3.15. The van der Waals surface area contributed by atoms with Crippen molar-refractivity contribution in [3.05, 3.63) is 54.1 Å². The molecule has 0 radical (unpaired) electrons. The minimum absolute atomic E-state index is 0.0286. The molecule has 2 aromatic carbocycles. The molecule has 1 aliphatic heterocycles. The summed E-state index contributed by atoms with van der Waals surface area (Å²) in [5, 5.41) is 2.65. The summed E-state index contributed by atoms with van der Waals surface area (Å²) in [6.45, 7) is 4.37. The van der Waals surface area contributed by atoms with Gasteiger partial charge in [0.05, 0.1) is 12.6 Å². The highest BCUT2D eigenvalue weighted by atomic mass is 16.2. The SMILES string of the molecule is CC(C)[C@H](N)C(=O)NCC(=O)N1CCc2cc(-c3ccccc3)ccc21. The summed E-state index contributed by atoms with van der Waals surface area (Å²) in [4.78, 5) is 26.2. The number of fused-ring (bicyclic) bond motifs is 1. The molecule has 3 rings (SSSR count). The van der Waals surface area contributed by atoms with Crippen LogP contribution in [-0.2, 0) is 16.0 Å². The molecule has 136 valence electrons. The average Bonchev–Trinajstić information content (AvgIpc) is 3.09. The maximum atomic E-state index is 12.5. The van der Waals surface area contributed by atoms with Gasteiger partial charge in [0, 0.05) is 12.2 Å². The van der Waals surface area contributed by atoms with Crippen molar-refractivity contribution in [3.63, 3.8) is 0 Å². The second-order valence-corrected chi connectivity index (χ2v) is 6.99. The molecule has 5 nitrogen and oxygen atoms in total. The molecule has 0 unspecified atom stereocenters. The van der Waals surface area contributed by atoms with Gasteiger partial charge in [-0.1, -0.05) is 50.2 Å². The van der Waals surface area contributed by atoms with Crippen LogP contribution in [0, 0.1) is 5.92 Å². The first-order valence-electron chi connectivity index (χ1n) is 8.99. The second kappa shape index (κ2) is 7.70. The summed E-state index contributed by atoms with van der Waals surface area (Å²) in [6.07, 6.45) is 0.821. The lowest BCUT2D eigenvalue weighted by Gasteiger charge is -2.20. The summed E-state index contributed by atoms with van der Waals surface area (Å²) in [5.41, 5.74) is 10.2. The number of hydrogen-bond donors (Lipinski definition) is 2. The van der Waals surface area contributed by atoms with Crippen LogP contribution in [0.25, 0.3) is 11.1 Å². The lowest BCUT2D eigenvalue weighted by molar-refractivity contribution is -0.126. The van der Waals surface area contributed by atoms with Gasteiger partial charge in [-0.15, -0.1) is 0 Å². The minimum atomic E-state index is -0.595. The van der Waals surface area contributed by atoms with E-state index in [0.29, 0.717) is 6.54 Å². The molecule has 0 bridgehead atoms. The first-order valence-corrected chi connectivity index (χ1v) is 8.99. The zero-order valence-electron chi connectivity index (χ0n) is 15.2. The van der Waals surface area contributed by atoms with Crippen molar-refractivity contribution in [2.24, 2.45) is 11.7 Å². The molecule has 0 aliphatic carbocycles. The molecule has 1 aliphatic rings. The van der Waals surface area contributed by atoms with E-state index in [4.69, 9.17) is 5.73 Å². The number of carbonyl (C=O) groups is 2. The van der Waals surface area contributed by atoms with Crippen LogP contribution in [0.5, 0.6) is 0 Å². The molecule has 0 saturated carbocycles. The number of hydrogen-bond acceptors (Lipinski definition) is 3. The van der Waals surface area contributed by atoms with Crippen molar-refractivity contribution < 1.29 is 9.59 Å². The molecule has 2 amide bonds. The Morgan fingerprint density at radius 2 is 1.85 bits per heavy atom. The second-order valence-electron chi connectivity index (χ2n) is 6.99. The highest BCUT2D eigenvalue weighted by molar-refractivity contribution is 5.99. The van der Waals surface area contributed by atoms with Crippen molar-refractivity contribution in [1.82, 2.24) is 5.32 Å². The van der Waals surface area contributed by atoms with E-state index < -0.39 is 6.04 Å². The van der Waals surface area contributed by atoms with Crippen LogP contribution in [0.1, 0.15) is 19.4 Å². The highest BCUT2D eigenvalue weighted by Crippen LogP contribution is 2.32. The summed E-state index contributed by atoms with van der Waals surface area (Å²) < 4.78 is 0. The van der Waals surface area contributed by atoms with Gasteiger partial charge in [0.1, 0.15) is 0 Å². The lowest BCUT2D eigenvalue weighted by atomic mass is 10.0. The van der Waals surface area contributed by atoms with E-state index in [9.17, 15) is 9.59 Å². The number of nitrogens with one attached hydrogen (secondary N) is 1. The first kappa shape index (κ1) is 18.1. The Balaban J connectivity index is 1.68. The van der Waals surface area contributed by atoms with Crippen molar-refractivity contribution in [1.29, 1.82) is 0 Å². The summed E-state index contributed by atoms with van der Waals surface area (Å²) in [7, 11) is 0. The molecule has 1 heterocycles. The van der Waals surface area contributed by atoms with Crippen LogP contribution >= 0.6 is 0 Å². The third-order valence-electron chi connectivity index (χ3n) is 4.82. The highest BCUT2D eigenvalue weighted by Gasteiger charge is 2.26. The Hall–Kier alpha value is -2.66. The molecule has 0 saturated heterocycles. The fraction of sp³-hybridized carbons (Fsp3) is 0.333. The van der Waals surface area contributed by atoms with E-state index in [2.05, 4.69) is 23.5 Å². The van der Waals surface area contributed by atoms with E-state index in [0.717, 1.165) is 28.8 Å². The molecule has 2 aromatic rings. The van der Waals surface area contributed by atoms with E-state index in [1.807, 2.05) is 44.2 Å². The molecule has 26 heavy (non-hydrogen) atoms. The molecule has 1 atom stereocenters. The molecule has 0 fully saturated rings. The van der Waals surface area contributed by atoms with Gasteiger partial charge in [0.25, 0.3) is 0 Å². The van der Waals surface area contributed by atoms with Gasteiger partial charge in [-0.3, -0.25) is 9.59 Å². The fourth-order valence-corrected chi connectivity index (χ4v) is 3.15. The normalized spacial score (nSPS) is 14.2. The van der Waals surface area contributed by atoms with Crippen LogP contribution < -0.4 is 16.0 Å². The standard InChI is InChI=1S/C21H25N3O2/c1-14(2)20(22)21(26)23-13-19(25)24-11-10-17-12-16(8-9-18(17)24)15-6-4-3-5-7-15/h3-9,12,14,20H,10-11,13,22H2,1-2H3,(H,23,26)/t20-/m0/s1. The van der Waals surface area contributed by atoms with Crippen LogP contribution in [-0.4, -0.2) is 30.9 Å². The number of anilines is 1. The number of benzene rings is 2. The monoisotopic (exact) mass is 351 g/mol. The molecule has 0 aromatic heterocycles. The summed E-state index contributed by atoms with van der Waals surface area (Å²) in [5.74, 6) is -0.360. The van der Waals surface area contributed by atoms with E-state index in [-0.39, 0.29) is 24.3 Å². The Kier molecular flexibility index (Phi) is 5.38. The number of nitrogens with zero attached hydrogens (tertiary/aromatic N) is 1. The van der Waals surface area contributed by atoms with Crippen molar-refractivity contribution in [3.8, 4) is 11.1 Å². The predicted octanol–water partition coefficient (Wildman–Crippen LogP) is 2.34. The van der Waals surface area contributed by atoms with E-state index in [1.54, 1.807) is 4.90 Å². The zero-order chi connectivity index (χ0) is 18.7. The summed E-state index contributed by atoms with van der Waals surface area (Å²) >= 11 is 0. The molecule has 5 heteroatoms. The van der Waals surface area contributed by atoms with Crippen LogP contribution in [0.4, 0.5) is 5.69 Å². The van der Waals surface area contributed by atoms with E-state index in [1.165, 1.54) is 0 Å². The quantitative estimate of drug-likeness (QED) is 0.868. The maximum absolute atomic E-state index is 12.5. The van der Waals surface area contributed by atoms with E-state index >= 15 is 0 Å². The molecule has 0 spiro atoms. The van der Waals surface area contributed by atoms with Gasteiger partial charge < -0.3 is 16.0 Å². The predicted molar refractivity (Wildman–Crippen MR) is 104 cm³/mol. The van der Waals surface area contributed by atoms with Gasteiger partial charge in [-0.05, 0) is 41.2 Å². The Morgan fingerprint density at radius 1 is 1.12 bits per heavy atom. The zero-order valence-corrected chi connectivity index (χ0v) is 15.2. The topological polar surface area (TPSA) is 75.4 Å². The first-order chi connectivity index (χ1) is 12.5. The van der Waals surface area contributed by atoms with Crippen LogP contribution in [0.15, 0.2) is 48.5 Å². The van der Waals surface area contributed by atoms with Crippen LogP contribution in [0.2, 0.25) is 0 Å². The third-order valence-corrected chi connectivity index (χ3v) is 4.82. The van der Waals surface area contributed by atoms with Gasteiger partial charge in [-0.2, -0.15) is 0 Å². The molecular formula is C21H25N3O2. The minimum Gasteiger partial charge on any atom is -0.346 e. The lowest BCUT2D eigenvalue weighted by Crippen LogP contribution is -2.47. The van der Waals surface area contributed by atoms with Crippen molar-refractivity contribution in [2.45, 2.75) is 26.3 Å². The number of rotatable bonds is 5. The maximum Gasteiger partial charge on any atom is 0.246 e. The number of amides is 2. The Labute approximate surface area is 154 Å². The van der Waals surface area contributed by atoms with Crippen molar-refractivity contribution >= 4 is 17.5 Å². The van der Waals surface area contributed by atoms with Gasteiger partial charge in [0.2, 0.25) is 11.8 Å². The summed E-state index contributed by atoms with van der Waals surface area (Å²) in [6, 6.07) is 15.8. The smallest absolute Gasteiger partial charge is 0.246 e. The van der Waals surface area contributed by atoms with Gasteiger partial charge in [-0.25, -0.2) is 0 Å². The Morgan fingerprint density at radius 3 is 2.54 bits per heavy atom. The van der Waals surface area contributed by atoms with Gasteiger partial charge in [0.15, 0.2) is 0 Å². The third kappa shape index (κ3) is 3.78. The van der Waals surface area contributed by atoms with Gasteiger partial charge >= 0.3 is 0 Å². The van der Waals surface area contributed by atoms with Crippen LogP contribution in [0.3, 0.4) is 0 Å². The average molecular weight is 351 g/mol.